The van der Waals surface area contributed by atoms with Gasteiger partial charge < -0.3 is 4.57 Å². The van der Waals surface area contributed by atoms with Crippen molar-refractivity contribution in [3.63, 3.8) is 0 Å². The number of aromatic nitrogens is 3. The minimum absolute atomic E-state index is 0.00440. The summed E-state index contributed by atoms with van der Waals surface area (Å²) in [6.07, 6.45) is 3.99. The second-order valence-electron chi connectivity index (χ2n) is 5.37. The summed E-state index contributed by atoms with van der Waals surface area (Å²) in [5.41, 5.74) is 1.25. The summed E-state index contributed by atoms with van der Waals surface area (Å²) in [7, 11) is 2.00. The number of rotatable bonds is 2. The number of nitrogens with zero attached hydrogens (tertiary/aromatic N) is 3. The molecule has 1 aliphatic rings. The van der Waals surface area contributed by atoms with Crippen LogP contribution in [0.1, 0.15) is 31.2 Å². The lowest BCUT2D eigenvalue weighted by Gasteiger charge is -2.46. The van der Waals surface area contributed by atoms with Gasteiger partial charge in [0.25, 0.3) is 0 Å². The van der Waals surface area contributed by atoms with E-state index in [0.717, 1.165) is 29.6 Å². The topological polar surface area (TPSA) is 30.7 Å². The zero-order chi connectivity index (χ0) is 12.8. The predicted molar refractivity (Wildman–Crippen MR) is 71.6 cm³/mol. The molecule has 2 aromatic rings. The van der Waals surface area contributed by atoms with Gasteiger partial charge in [-0.25, -0.2) is 0 Å². The second kappa shape index (κ2) is 4.09. The first-order valence-corrected chi connectivity index (χ1v) is 6.60. The Labute approximate surface area is 112 Å². The molecule has 0 radical (unpaired) electrons. The van der Waals surface area contributed by atoms with Gasteiger partial charge in [-0.3, -0.25) is 0 Å². The van der Waals surface area contributed by atoms with Crippen LogP contribution >= 0.6 is 11.6 Å². The van der Waals surface area contributed by atoms with Crippen molar-refractivity contribution in [2.45, 2.75) is 25.2 Å². The minimum Gasteiger partial charge on any atom is -0.320 e. The Morgan fingerprint density at radius 2 is 2.17 bits per heavy atom. The lowest BCUT2D eigenvalue weighted by atomic mass is 9.58. The first kappa shape index (κ1) is 11.7. The first-order chi connectivity index (χ1) is 8.62. The van der Waals surface area contributed by atoms with Gasteiger partial charge in [-0.15, -0.1) is 10.2 Å². The van der Waals surface area contributed by atoms with E-state index in [1.807, 2.05) is 23.7 Å². The van der Waals surface area contributed by atoms with Gasteiger partial charge in [-0.2, -0.15) is 0 Å². The van der Waals surface area contributed by atoms with Crippen LogP contribution in [0.2, 0.25) is 5.02 Å². The molecule has 0 aliphatic heterocycles. The van der Waals surface area contributed by atoms with Crippen molar-refractivity contribution < 1.29 is 0 Å². The largest absolute Gasteiger partial charge is 0.320 e. The average Bonchev–Trinajstić information content (AvgIpc) is 2.71. The molecule has 3 nitrogen and oxygen atoms in total. The van der Waals surface area contributed by atoms with Crippen molar-refractivity contribution in [1.29, 1.82) is 0 Å². The zero-order valence-electron chi connectivity index (χ0n) is 10.6. The van der Waals surface area contributed by atoms with Crippen molar-refractivity contribution >= 4 is 11.6 Å². The maximum absolute atomic E-state index is 6.13. The molecule has 0 amide bonds. The highest BCUT2D eigenvalue weighted by molar-refractivity contribution is 6.30. The SMILES string of the molecule is CC1CC(c2cccc(Cl)c2)(c2nncn2C)C1. The van der Waals surface area contributed by atoms with E-state index < -0.39 is 0 Å². The van der Waals surface area contributed by atoms with Crippen molar-refractivity contribution in [3.05, 3.63) is 47.0 Å². The van der Waals surface area contributed by atoms with Crippen LogP contribution in [0, 0.1) is 5.92 Å². The molecule has 94 valence electrons. The Hall–Kier alpha value is -1.35. The zero-order valence-corrected chi connectivity index (χ0v) is 11.4. The van der Waals surface area contributed by atoms with Gasteiger partial charge in [-0.05, 0) is 36.5 Å². The minimum atomic E-state index is -0.00440. The number of hydrogen-bond donors (Lipinski definition) is 0. The Morgan fingerprint density at radius 1 is 1.39 bits per heavy atom. The molecule has 0 N–H and O–H groups in total. The summed E-state index contributed by atoms with van der Waals surface area (Å²) >= 11 is 6.13. The lowest BCUT2D eigenvalue weighted by molar-refractivity contribution is 0.185. The molecule has 4 heteroatoms. The van der Waals surface area contributed by atoms with Crippen molar-refractivity contribution in [2.24, 2.45) is 13.0 Å². The van der Waals surface area contributed by atoms with Gasteiger partial charge in [0.15, 0.2) is 0 Å². The van der Waals surface area contributed by atoms with Crippen LogP contribution in [0.3, 0.4) is 0 Å². The van der Waals surface area contributed by atoms with E-state index in [4.69, 9.17) is 11.6 Å². The number of halogens is 1. The van der Waals surface area contributed by atoms with Crippen LogP contribution in [0.15, 0.2) is 30.6 Å². The Balaban J connectivity index is 2.11. The monoisotopic (exact) mass is 261 g/mol. The van der Waals surface area contributed by atoms with Gasteiger partial charge in [-0.1, -0.05) is 30.7 Å². The Morgan fingerprint density at radius 3 is 2.72 bits per heavy atom. The van der Waals surface area contributed by atoms with Crippen LogP contribution in [-0.4, -0.2) is 14.8 Å². The van der Waals surface area contributed by atoms with E-state index in [2.05, 4.69) is 29.3 Å². The van der Waals surface area contributed by atoms with Crippen molar-refractivity contribution in [1.82, 2.24) is 14.8 Å². The second-order valence-corrected chi connectivity index (χ2v) is 5.81. The Bertz CT molecular complexity index is 570. The molecule has 1 fully saturated rings. The summed E-state index contributed by atoms with van der Waals surface area (Å²) in [4.78, 5) is 0. The molecule has 3 rings (SSSR count). The van der Waals surface area contributed by atoms with Gasteiger partial charge in [0.05, 0.1) is 5.41 Å². The molecule has 0 spiro atoms. The van der Waals surface area contributed by atoms with E-state index in [1.165, 1.54) is 5.56 Å². The highest BCUT2D eigenvalue weighted by Gasteiger charge is 2.48. The fourth-order valence-corrected chi connectivity index (χ4v) is 3.37. The molecule has 0 atom stereocenters. The van der Waals surface area contributed by atoms with Gasteiger partial charge in [0, 0.05) is 12.1 Å². The molecule has 1 heterocycles. The average molecular weight is 262 g/mol. The highest BCUT2D eigenvalue weighted by atomic mass is 35.5. The van der Waals surface area contributed by atoms with Gasteiger partial charge in [0.1, 0.15) is 12.2 Å². The quantitative estimate of drug-likeness (QED) is 0.831. The third-order valence-electron chi connectivity index (χ3n) is 3.91. The number of aryl methyl sites for hydroxylation is 1. The summed E-state index contributed by atoms with van der Waals surface area (Å²) in [6.45, 7) is 2.28. The van der Waals surface area contributed by atoms with E-state index in [1.54, 1.807) is 6.33 Å². The summed E-state index contributed by atoms with van der Waals surface area (Å²) < 4.78 is 2.02. The fourth-order valence-electron chi connectivity index (χ4n) is 3.18. The predicted octanol–water partition coefficient (Wildman–Crippen LogP) is 3.18. The van der Waals surface area contributed by atoms with Crippen LogP contribution in [0.5, 0.6) is 0 Å². The molecule has 1 aromatic carbocycles. The molecule has 1 saturated carbocycles. The van der Waals surface area contributed by atoms with Crippen LogP contribution in [0.4, 0.5) is 0 Å². The van der Waals surface area contributed by atoms with E-state index >= 15 is 0 Å². The molecular formula is C14H16ClN3. The fraction of sp³-hybridized carbons (Fsp3) is 0.429. The van der Waals surface area contributed by atoms with E-state index in [-0.39, 0.29) is 5.41 Å². The third-order valence-corrected chi connectivity index (χ3v) is 4.15. The van der Waals surface area contributed by atoms with Crippen LogP contribution in [0.25, 0.3) is 0 Å². The number of benzene rings is 1. The van der Waals surface area contributed by atoms with Crippen molar-refractivity contribution in [2.75, 3.05) is 0 Å². The molecule has 0 saturated heterocycles. The standard InChI is InChI=1S/C14H16ClN3/c1-10-7-14(8-10,13-17-16-9-18(13)2)11-4-3-5-12(15)6-11/h3-6,9-10H,7-8H2,1-2H3. The van der Waals surface area contributed by atoms with E-state index in [0.29, 0.717) is 0 Å². The third kappa shape index (κ3) is 1.65. The van der Waals surface area contributed by atoms with E-state index in [9.17, 15) is 0 Å². The Kier molecular flexibility index (Phi) is 2.67. The molecular weight excluding hydrogens is 246 g/mol. The first-order valence-electron chi connectivity index (χ1n) is 6.22. The summed E-state index contributed by atoms with van der Waals surface area (Å²) in [6, 6.07) is 8.13. The molecule has 1 aromatic heterocycles. The summed E-state index contributed by atoms with van der Waals surface area (Å²) in [5, 5.41) is 9.13. The maximum Gasteiger partial charge on any atom is 0.143 e. The van der Waals surface area contributed by atoms with Crippen LogP contribution in [-0.2, 0) is 12.5 Å². The van der Waals surface area contributed by atoms with Crippen LogP contribution < -0.4 is 0 Å². The van der Waals surface area contributed by atoms with Crippen molar-refractivity contribution in [3.8, 4) is 0 Å². The van der Waals surface area contributed by atoms with Gasteiger partial charge >= 0.3 is 0 Å². The maximum atomic E-state index is 6.13. The molecule has 0 bridgehead atoms. The summed E-state index contributed by atoms with van der Waals surface area (Å²) in [5.74, 6) is 1.77. The normalized spacial score (nSPS) is 26.9. The molecule has 0 unspecified atom stereocenters. The molecule has 1 aliphatic carbocycles. The highest BCUT2D eigenvalue weighted by Crippen LogP contribution is 2.51. The smallest absolute Gasteiger partial charge is 0.143 e. The molecule has 18 heavy (non-hydrogen) atoms. The lowest BCUT2D eigenvalue weighted by Crippen LogP contribution is -2.43. The van der Waals surface area contributed by atoms with Gasteiger partial charge in [0.2, 0.25) is 0 Å². The number of hydrogen-bond acceptors (Lipinski definition) is 2.